The van der Waals surface area contributed by atoms with E-state index in [1.54, 1.807) is 7.11 Å². The average molecular weight is 165 g/mol. The molecule has 0 amide bonds. The molecule has 3 heteroatoms. The van der Waals surface area contributed by atoms with Crippen molar-refractivity contribution in [1.29, 1.82) is 0 Å². The Morgan fingerprint density at radius 3 is 2.20 bits per heavy atom. The first-order valence-corrected chi connectivity index (χ1v) is 6.07. The molecular weight excluding hydrogens is 146 g/mol. The average Bonchev–Trinajstić information content (AvgIpc) is 1.59. The van der Waals surface area contributed by atoms with E-state index in [1.165, 1.54) is 0 Å². The molecule has 0 radical (unpaired) electrons. The van der Waals surface area contributed by atoms with E-state index in [2.05, 4.69) is 31.1 Å². The van der Waals surface area contributed by atoms with Crippen LogP contribution in [0.3, 0.4) is 0 Å². The number of ether oxygens (including phenoxy) is 1. The van der Waals surface area contributed by atoms with Crippen LogP contribution in [0, 0.1) is 0 Å². The highest BCUT2D eigenvalue weighted by molar-refractivity contribution is 8.31. The maximum absolute atomic E-state index is 5.08. The van der Waals surface area contributed by atoms with Gasteiger partial charge in [0.05, 0.1) is 5.94 Å². The molecule has 0 heterocycles. The van der Waals surface area contributed by atoms with Crippen LogP contribution in [0.5, 0.6) is 0 Å². The first-order chi connectivity index (χ1) is 4.48. The van der Waals surface area contributed by atoms with Crippen molar-refractivity contribution in [2.75, 3.05) is 25.6 Å². The van der Waals surface area contributed by atoms with Gasteiger partial charge in [-0.05, 0) is 26.4 Å². The molecule has 0 aliphatic rings. The fourth-order valence-electron chi connectivity index (χ4n) is 0.967. The normalized spacial score (nSPS) is 14.2. The van der Waals surface area contributed by atoms with Crippen LogP contribution in [-0.2, 0) is 4.74 Å². The van der Waals surface area contributed by atoms with E-state index < -0.39 is 10.2 Å². The van der Waals surface area contributed by atoms with Gasteiger partial charge in [-0.2, -0.15) is 10.2 Å². The summed E-state index contributed by atoms with van der Waals surface area (Å²) in [6, 6.07) is 0.556. The molecule has 0 aliphatic heterocycles. The fraction of sp³-hybridized carbons (Fsp3) is 1.00. The summed E-state index contributed by atoms with van der Waals surface area (Å²) in [5.74, 6) is 0.838. The number of nitrogens with one attached hydrogen (secondary N) is 1. The van der Waals surface area contributed by atoms with Crippen LogP contribution in [0.15, 0.2) is 0 Å². The molecule has 0 saturated carbocycles. The zero-order chi connectivity index (χ0) is 8.20. The highest BCUT2D eigenvalue weighted by atomic mass is 32.3. The lowest BCUT2D eigenvalue weighted by atomic mass is 10.4. The van der Waals surface area contributed by atoms with Crippen LogP contribution in [-0.4, -0.2) is 31.6 Å². The smallest absolute Gasteiger partial charge is 0.0871 e. The lowest BCUT2D eigenvalue weighted by Crippen LogP contribution is -2.28. The summed E-state index contributed by atoms with van der Waals surface area (Å²) in [5, 5.41) is 0. The molecule has 0 atom stereocenters. The van der Waals surface area contributed by atoms with Crippen LogP contribution in [0.25, 0.3) is 0 Å². The Bertz CT molecular complexity index is 93.6. The monoisotopic (exact) mass is 165 g/mol. The Balaban J connectivity index is 3.63. The lowest BCUT2D eigenvalue weighted by Gasteiger charge is -2.33. The van der Waals surface area contributed by atoms with Gasteiger partial charge in [-0.15, -0.1) is 0 Å². The topological polar surface area (TPSA) is 21.3 Å². The molecule has 0 aromatic rings. The van der Waals surface area contributed by atoms with Gasteiger partial charge in [0.1, 0.15) is 0 Å². The van der Waals surface area contributed by atoms with Gasteiger partial charge in [0.15, 0.2) is 0 Å². The van der Waals surface area contributed by atoms with Gasteiger partial charge in [0, 0.05) is 13.2 Å². The zero-order valence-electron chi connectivity index (χ0n) is 7.60. The predicted octanol–water partition coefficient (Wildman–Crippen LogP) is 1.57. The van der Waals surface area contributed by atoms with E-state index in [4.69, 9.17) is 4.74 Å². The molecule has 0 saturated heterocycles. The van der Waals surface area contributed by atoms with Gasteiger partial charge in [0.25, 0.3) is 0 Å². The van der Waals surface area contributed by atoms with E-state index in [0.717, 1.165) is 5.94 Å². The zero-order valence-corrected chi connectivity index (χ0v) is 8.42. The molecule has 0 aromatic carbocycles. The molecule has 1 N–H and O–H groups in total. The van der Waals surface area contributed by atoms with Gasteiger partial charge in [-0.1, -0.05) is 0 Å². The predicted molar refractivity (Wildman–Crippen MR) is 49.6 cm³/mol. The lowest BCUT2D eigenvalue weighted by molar-refractivity contribution is 0.255. The fourth-order valence-corrected chi connectivity index (χ4v) is 2.90. The number of hydrogen-bond donors (Lipinski definition) is 1. The molecule has 0 aliphatic carbocycles. The first kappa shape index (κ1) is 10.3. The third kappa shape index (κ3) is 5.09. The molecule has 0 fully saturated rings. The van der Waals surface area contributed by atoms with Crippen molar-refractivity contribution in [2.24, 2.45) is 0 Å². The second-order valence-electron chi connectivity index (χ2n) is 3.22. The van der Waals surface area contributed by atoms with Crippen LogP contribution >= 0.6 is 10.2 Å². The van der Waals surface area contributed by atoms with Gasteiger partial charge in [-0.3, -0.25) is 4.72 Å². The van der Waals surface area contributed by atoms with Gasteiger partial charge < -0.3 is 4.74 Å². The van der Waals surface area contributed by atoms with Crippen molar-refractivity contribution >= 4 is 10.2 Å². The minimum absolute atomic E-state index is 0.556. The molecule has 10 heavy (non-hydrogen) atoms. The first-order valence-electron chi connectivity index (χ1n) is 3.45. The second kappa shape index (κ2) is 4.21. The standard InChI is InChI=1S/C7H19NOS/c1-7(2)8-10(4,5)6-9-3/h7-8H,6H2,1-5H3. The largest absolute Gasteiger partial charge is 0.374 e. The Morgan fingerprint density at radius 1 is 1.40 bits per heavy atom. The van der Waals surface area contributed by atoms with Crippen molar-refractivity contribution in [1.82, 2.24) is 4.72 Å². The molecule has 64 valence electrons. The minimum Gasteiger partial charge on any atom is -0.374 e. The van der Waals surface area contributed by atoms with Crippen molar-refractivity contribution in [3.05, 3.63) is 0 Å². The van der Waals surface area contributed by atoms with E-state index in [0.29, 0.717) is 6.04 Å². The SMILES string of the molecule is COCS(C)(C)NC(C)C. The van der Waals surface area contributed by atoms with Gasteiger partial charge in [-0.25, -0.2) is 0 Å². The summed E-state index contributed by atoms with van der Waals surface area (Å²) in [6.45, 7) is 4.31. The summed E-state index contributed by atoms with van der Waals surface area (Å²) < 4.78 is 8.56. The molecule has 0 unspecified atom stereocenters. The van der Waals surface area contributed by atoms with Crippen molar-refractivity contribution in [3.63, 3.8) is 0 Å². The summed E-state index contributed by atoms with van der Waals surface area (Å²) in [4.78, 5) is 0. The summed E-state index contributed by atoms with van der Waals surface area (Å²) in [7, 11) is 1.04. The molecular formula is C7H19NOS. The van der Waals surface area contributed by atoms with E-state index >= 15 is 0 Å². The highest BCUT2D eigenvalue weighted by Gasteiger charge is 2.10. The summed E-state index contributed by atoms with van der Waals surface area (Å²) in [6.07, 6.45) is 4.44. The summed E-state index contributed by atoms with van der Waals surface area (Å²) >= 11 is 0. The van der Waals surface area contributed by atoms with E-state index in [9.17, 15) is 0 Å². The summed E-state index contributed by atoms with van der Waals surface area (Å²) in [5.41, 5.74) is 0. The van der Waals surface area contributed by atoms with Crippen molar-refractivity contribution < 1.29 is 4.74 Å². The Morgan fingerprint density at radius 2 is 1.90 bits per heavy atom. The van der Waals surface area contributed by atoms with Crippen LogP contribution < -0.4 is 4.72 Å². The third-order valence-corrected chi connectivity index (χ3v) is 2.90. The maximum atomic E-state index is 5.08. The third-order valence-electron chi connectivity index (χ3n) is 0.967. The van der Waals surface area contributed by atoms with Gasteiger partial charge in [0.2, 0.25) is 0 Å². The Labute approximate surface area is 65.8 Å². The van der Waals surface area contributed by atoms with Crippen molar-refractivity contribution in [3.8, 4) is 0 Å². The second-order valence-corrected chi connectivity index (χ2v) is 6.77. The molecule has 2 nitrogen and oxygen atoms in total. The minimum atomic E-state index is -0.703. The molecule has 0 rings (SSSR count). The maximum Gasteiger partial charge on any atom is 0.0871 e. The van der Waals surface area contributed by atoms with E-state index in [1.807, 2.05) is 0 Å². The molecule has 0 aromatic heterocycles. The quantitative estimate of drug-likeness (QED) is 0.682. The highest BCUT2D eigenvalue weighted by Crippen LogP contribution is 2.34. The van der Waals surface area contributed by atoms with Crippen LogP contribution in [0.4, 0.5) is 0 Å². The van der Waals surface area contributed by atoms with Gasteiger partial charge >= 0.3 is 0 Å². The Kier molecular flexibility index (Phi) is 4.32. The Hall–Kier alpha value is 0.270. The molecule has 0 bridgehead atoms. The van der Waals surface area contributed by atoms with Crippen LogP contribution in [0.1, 0.15) is 13.8 Å². The number of hydrogen-bond acceptors (Lipinski definition) is 2. The van der Waals surface area contributed by atoms with Crippen LogP contribution in [0.2, 0.25) is 0 Å². The van der Waals surface area contributed by atoms with Crippen molar-refractivity contribution in [2.45, 2.75) is 19.9 Å². The molecule has 0 spiro atoms. The number of rotatable bonds is 4. The van der Waals surface area contributed by atoms with E-state index in [-0.39, 0.29) is 0 Å². The number of methoxy groups -OCH3 is 1.